The third-order valence-electron chi connectivity index (χ3n) is 2.35. The Kier molecular flexibility index (Phi) is 17.6. The summed E-state index contributed by atoms with van der Waals surface area (Å²) in [4.78, 5) is 0. The molecular formula is C14H30O5. The van der Waals surface area contributed by atoms with E-state index in [9.17, 15) is 0 Å². The smallest absolute Gasteiger partial charge is 0.0701 e. The number of rotatable bonds is 11. The van der Waals surface area contributed by atoms with Crippen LogP contribution in [0.25, 0.3) is 0 Å². The van der Waals surface area contributed by atoms with Gasteiger partial charge >= 0.3 is 0 Å². The number of ether oxygens (including phenoxy) is 5. The van der Waals surface area contributed by atoms with Crippen molar-refractivity contribution < 1.29 is 23.7 Å². The third-order valence-corrected chi connectivity index (χ3v) is 2.35. The minimum atomic E-state index is 0.624. The predicted molar refractivity (Wildman–Crippen MR) is 74.7 cm³/mol. The Morgan fingerprint density at radius 2 is 1.00 bits per heavy atom. The number of hydrogen-bond donors (Lipinski definition) is 0. The van der Waals surface area contributed by atoms with Gasteiger partial charge in [-0.2, -0.15) is 0 Å². The molecule has 1 rings (SSSR count). The second kappa shape index (κ2) is 17.8. The van der Waals surface area contributed by atoms with Gasteiger partial charge in [-0.25, -0.2) is 0 Å². The molecule has 0 amide bonds. The molecule has 0 unspecified atom stereocenters. The average Bonchev–Trinajstić information content (AvgIpc) is 3.00. The Hall–Kier alpha value is -0.200. The Morgan fingerprint density at radius 1 is 0.632 bits per heavy atom. The molecule has 0 atom stereocenters. The summed E-state index contributed by atoms with van der Waals surface area (Å²) >= 11 is 0. The molecule has 0 aromatic carbocycles. The summed E-state index contributed by atoms with van der Waals surface area (Å²) < 4.78 is 25.7. The van der Waals surface area contributed by atoms with Crippen LogP contribution in [0.1, 0.15) is 26.7 Å². The summed E-state index contributed by atoms with van der Waals surface area (Å²) in [6, 6.07) is 0. The molecular weight excluding hydrogens is 248 g/mol. The molecule has 0 spiro atoms. The molecule has 5 heteroatoms. The molecule has 5 nitrogen and oxygen atoms in total. The van der Waals surface area contributed by atoms with Crippen LogP contribution in [0.15, 0.2) is 0 Å². The maximum Gasteiger partial charge on any atom is 0.0701 e. The normalized spacial score (nSPS) is 14.2. The molecule has 0 aromatic rings. The molecule has 0 radical (unpaired) electrons. The SMILES string of the molecule is C1CCOC1.CCOCCOCCOCCOCC. The van der Waals surface area contributed by atoms with Crippen molar-refractivity contribution in [2.24, 2.45) is 0 Å². The number of hydrogen-bond acceptors (Lipinski definition) is 5. The summed E-state index contributed by atoms with van der Waals surface area (Å²) in [7, 11) is 0. The molecule has 0 aromatic heterocycles. The Bertz CT molecular complexity index is 131. The van der Waals surface area contributed by atoms with Crippen molar-refractivity contribution in [3.8, 4) is 0 Å². The first kappa shape index (κ1) is 18.8. The Labute approximate surface area is 117 Å². The van der Waals surface area contributed by atoms with Crippen molar-refractivity contribution in [3.05, 3.63) is 0 Å². The van der Waals surface area contributed by atoms with Crippen molar-refractivity contribution in [2.75, 3.05) is 66.1 Å². The molecule has 0 bridgehead atoms. The zero-order chi connectivity index (χ0) is 14.0. The van der Waals surface area contributed by atoms with Crippen molar-refractivity contribution in [1.29, 1.82) is 0 Å². The quantitative estimate of drug-likeness (QED) is 0.540. The van der Waals surface area contributed by atoms with Crippen LogP contribution in [0.5, 0.6) is 0 Å². The lowest BCUT2D eigenvalue weighted by molar-refractivity contribution is 0.000930. The average molecular weight is 278 g/mol. The standard InChI is InChI=1S/C10H22O4.C4H8O/c1-3-11-5-7-13-9-10-14-8-6-12-4-2;1-2-4-5-3-1/h3-10H2,1-2H3;1-4H2. The summed E-state index contributed by atoms with van der Waals surface area (Å²) in [6.07, 6.45) is 2.56. The summed E-state index contributed by atoms with van der Waals surface area (Å²) in [5, 5.41) is 0. The first-order valence-corrected chi connectivity index (χ1v) is 7.30. The van der Waals surface area contributed by atoms with Crippen LogP contribution in [0.4, 0.5) is 0 Å². The fraction of sp³-hybridized carbons (Fsp3) is 1.00. The van der Waals surface area contributed by atoms with Crippen LogP contribution in [-0.4, -0.2) is 66.1 Å². The second-order valence-corrected chi connectivity index (χ2v) is 3.94. The molecule has 0 aliphatic carbocycles. The highest BCUT2D eigenvalue weighted by Gasteiger charge is 1.94. The molecule has 1 aliphatic rings. The van der Waals surface area contributed by atoms with Crippen LogP contribution >= 0.6 is 0 Å². The summed E-state index contributed by atoms with van der Waals surface area (Å²) in [5.74, 6) is 0. The van der Waals surface area contributed by atoms with E-state index in [1.165, 1.54) is 12.8 Å². The molecule has 116 valence electrons. The van der Waals surface area contributed by atoms with Gasteiger partial charge in [0.15, 0.2) is 0 Å². The van der Waals surface area contributed by atoms with E-state index in [0.717, 1.165) is 26.4 Å². The molecule has 1 aliphatic heterocycles. The Morgan fingerprint density at radius 3 is 1.26 bits per heavy atom. The van der Waals surface area contributed by atoms with E-state index in [-0.39, 0.29) is 0 Å². The van der Waals surface area contributed by atoms with E-state index in [2.05, 4.69) is 0 Å². The van der Waals surface area contributed by atoms with Crippen molar-refractivity contribution in [1.82, 2.24) is 0 Å². The molecule has 0 saturated carbocycles. The molecule has 1 fully saturated rings. The lowest BCUT2D eigenvalue weighted by Gasteiger charge is -2.05. The van der Waals surface area contributed by atoms with E-state index >= 15 is 0 Å². The van der Waals surface area contributed by atoms with Gasteiger partial charge in [0.25, 0.3) is 0 Å². The van der Waals surface area contributed by atoms with Crippen LogP contribution in [0.3, 0.4) is 0 Å². The van der Waals surface area contributed by atoms with Crippen LogP contribution in [0, 0.1) is 0 Å². The van der Waals surface area contributed by atoms with Gasteiger partial charge < -0.3 is 23.7 Å². The summed E-state index contributed by atoms with van der Waals surface area (Å²) in [5.41, 5.74) is 0. The van der Waals surface area contributed by atoms with Gasteiger partial charge in [-0.3, -0.25) is 0 Å². The first-order valence-electron chi connectivity index (χ1n) is 7.30. The minimum absolute atomic E-state index is 0.624. The van der Waals surface area contributed by atoms with Gasteiger partial charge in [0, 0.05) is 26.4 Å². The van der Waals surface area contributed by atoms with E-state index in [1.807, 2.05) is 13.8 Å². The van der Waals surface area contributed by atoms with E-state index in [0.29, 0.717) is 39.6 Å². The van der Waals surface area contributed by atoms with Crippen LogP contribution in [0.2, 0.25) is 0 Å². The summed E-state index contributed by atoms with van der Waals surface area (Å²) in [6.45, 7) is 11.3. The second-order valence-electron chi connectivity index (χ2n) is 3.94. The van der Waals surface area contributed by atoms with Gasteiger partial charge in [0.05, 0.1) is 39.6 Å². The molecule has 0 N–H and O–H groups in total. The van der Waals surface area contributed by atoms with Gasteiger partial charge in [0.1, 0.15) is 0 Å². The van der Waals surface area contributed by atoms with Crippen LogP contribution < -0.4 is 0 Å². The van der Waals surface area contributed by atoms with Crippen molar-refractivity contribution in [2.45, 2.75) is 26.7 Å². The van der Waals surface area contributed by atoms with Crippen molar-refractivity contribution >= 4 is 0 Å². The fourth-order valence-corrected chi connectivity index (χ4v) is 1.36. The topological polar surface area (TPSA) is 46.2 Å². The first-order chi connectivity index (χ1) is 9.41. The monoisotopic (exact) mass is 278 g/mol. The van der Waals surface area contributed by atoms with E-state index < -0.39 is 0 Å². The molecule has 19 heavy (non-hydrogen) atoms. The van der Waals surface area contributed by atoms with E-state index in [4.69, 9.17) is 23.7 Å². The lowest BCUT2D eigenvalue weighted by atomic mass is 10.4. The molecule has 1 heterocycles. The third kappa shape index (κ3) is 17.8. The molecule has 1 saturated heterocycles. The minimum Gasteiger partial charge on any atom is -0.381 e. The van der Waals surface area contributed by atoms with Crippen molar-refractivity contribution in [3.63, 3.8) is 0 Å². The maximum absolute atomic E-state index is 5.25. The largest absolute Gasteiger partial charge is 0.381 e. The highest BCUT2D eigenvalue weighted by Crippen LogP contribution is 1.98. The maximum atomic E-state index is 5.25. The van der Waals surface area contributed by atoms with Gasteiger partial charge in [-0.1, -0.05) is 0 Å². The fourth-order valence-electron chi connectivity index (χ4n) is 1.36. The van der Waals surface area contributed by atoms with Crippen LogP contribution in [-0.2, 0) is 23.7 Å². The Balaban J connectivity index is 0.000000532. The van der Waals surface area contributed by atoms with Gasteiger partial charge in [0.2, 0.25) is 0 Å². The lowest BCUT2D eigenvalue weighted by Crippen LogP contribution is -2.11. The van der Waals surface area contributed by atoms with Gasteiger partial charge in [-0.15, -0.1) is 0 Å². The van der Waals surface area contributed by atoms with Gasteiger partial charge in [-0.05, 0) is 26.7 Å². The highest BCUT2D eigenvalue weighted by atomic mass is 16.6. The zero-order valence-electron chi connectivity index (χ0n) is 12.5. The predicted octanol–water partition coefficient (Wildman–Crippen LogP) is 1.89. The highest BCUT2D eigenvalue weighted by molar-refractivity contribution is 4.43. The van der Waals surface area contributed by atoms with E-state index in [1.54, 1.807) is 0 Å². The zero-order valence-corrected chi connectivity index (χ0v) is 12.5.